The molecule has 26 heavy (non-hydrogen) atoms. The summed E-state index contributed by atoms with van der Waals surface area (Å²) >= 11 is 1.34. The number of amides is 1. The van der Waals surface area contributed by atoms with Crippen molar-refractivity contribution in [1.82, 2.24) is 4.98 Å². The Bertz CT molecular complexity index is 1060. The Labute approximate surface area is 156 Å². The molecule has 0 spiro atoms. The Morgan fingerprint density at radius 2 is 1.92 bits per heavy atom. The van der Waals surface area contributed by atoms with E-state index < -0.39 is 10.0 Å². The number of benzene rings is 1. The van der Waals surface area contributed by atoms with Gasteiger partial charge in [0, 0.05) is 23.6 Å². The zero-order valence-corrected chi connectivity index (χ0v) is 15.8. The molecule has 0 aliphatic carbocycles. The zero-order valence-electron chi connectivity index (χ0n) is 14.2. The number of aromatic nitrogens is 1. The van der Waals surface area contributed by atoms with Gasteiger partial charge in [0.2, 0.25) is 10.0 Å². The zero-order chi connectivity index (χ0) is 18.7. The van der Waals surface area contributed by atoms with Gasteiger partial charge in [0.15, 0.2) is 0 Å². The molecule has 3 aromatic rings. The van der Waals surface area contributed by atoms with Crippen molar-refractivity contribution < 1.29 is 13.2 Å². The number of anilines is 2. The van der Waals surface area contributed by atoms with E-state index >= 15 is 0 Å². The van der Waals surface area contributed by atoms with Gasteiger partial charge in [0.05, 0.1) is 16.8 Å². The van der Waals surface area contributed by atoms with Crippen LogP contribution in [0, 0.1) is 6.92 Å². The number of rotatable bonds is 5. The van der Waals surface area contributed by atoms with Crippen LogP contribution in [-0.2, 0) is 10.0 Å². The van der Waals surface area contributed by atoms with E-state index in [-0.39, 0.29) is 5.91 Å². The second-order valence-electron chi connectivity index (χ2n) is 5.80. The van der Waals surface area contributed by atoms with Gasteiger partial charge >= 0.3 is 0 Å². The molecule has 0 fully saturated rings. The van der Waals surface area contributed by atoms with Crippen LogP contribution >= 0.6 is 11.3 Å². The summed E-state index contributed by atoms with van der Waals surface area (Å²) < 4.78 is 25.0. The monoisotopic (exact) mass is 387 g/mol. The molecule has 0 saturated carbocycles. The Morgan fingerprint density at radius 3 is 2.65 bits per heavy atom. The van der Waals surface area contributed by atoms with Gasteiger partial charge in [-0.15, -0.1) is 11.3 Å². The third-order valence-corrected chi connectivity index (χ3v) is 5.13. The Morgan fingerprint density at radius 1 is 1.15 bits per heavy atom. The van der Waals surface area contributed by atoms with Gasteiger partial charge in [-0.25, -0.2) is 8.42 Å². The molecule has 0 bridgehead atoms. The van der Waals surface area contributed by atoms with E-state index in [2.05, 4.69) is 15.0 Å². The van der Waals surface area contributed by atoms with Crippen LogP contribution in [-0.4, -0.2) is 25.6 Å². The highest BCUT2D eigenvalue weighted by Crippen LogP contribution is 2.28. The minimum absolute atomic E-state index is 0.251. The Kier molecular flexibility index (Phi) is 5.06. The van der Waals surface area contributed by atoms with Gasteiger partial charge < -0.3 is 5.32 Å². The van der Waals surface area contributed by atoms with E-state index in [1.54, 1.807) is 36.7 Å². The van der Waals surface area contributed by atoms with E-state index in [0.29, 0.717) is 16.3 Å². The van der Waals surface area contributed by atoms with Crippen molar-refractivity contribution in [3.05, 3.63) is 64.6 Å². The summed E-state index contributed by atoms with van der Waals surface area (Å²) in [5.41, 5.74) is 3.92. The molecule has 1 amide bonds. The van der Waals surface area contributed by atoms with Crippen molar-refractivity contribution in [2.45, 2.75) is 6.92 Å². The number of nitrogens with zero attached hydrogens (tertiary/aromatic N) is 1. The molecule has 1 aromatic carbocycles. The van der Waals surface area contributed by atoms with Crippen molar-refractivity contribution in [3.8, 4) is 11.1 Å². The highest BCUT2D eigenvalue weighted by molar-refractivity contribution is 7.92. The summed E-state index contributed by atoms with van der Waals surface area (Å²) in [5, 5.41) is 4.70. The first-order valence-electron chi connectivity index (χ1n) is 7.70. The minimum Gasteiger partial charge on any atom is -0.321 e. The Hall–Kier alpha value is -2.71. The molecule has 0 unspecified atom stereocenters. The smallest absolute Gasteiger partial charge is 0.265 e. The number of hydrogen-bond donors (Lipinski definition) is 2. The van der Waals surface area contributed by atoms with Crippen LogP contribution in [0.3, 0.4) is 0 Å². The molecule has 6 nitrogen and oxygen atoms in total. The lowest BCUT2D eigenvalue weighted by atomic mass is 10.1. The van der Waals surface area contributed by atoms with Gasteiger partial charge in [0.25, 0.3) is 5.91 Å². The van der Waals surface area contributed by atoms with Gasteiger partial charge in [-0.2, -0.15) is 0 Å². The first-order valence-corrected chi connectivity index (χ1v) is 10.5. The number of thiophene rings is 1. The number of carbonyl (C=O) groups is 1. The van der Waals surface area contributed by atoms with Crippen LogP contribution in [0.4, 0.5) is 11.4 Å². The fraction of sp³-hybridized carbons (Fsp3) is 0.111. The summed E-state index contributed by atoms with van der Waals surface area (Å²) in [5.74, 6) is -0.251. The van der Waals surface area contributed by atoms with E-state index in [9.17, 15) is 13.2 Å². The van der Waals surface area contributed by atoms with Gasteiger partial charge in [-0.3, -0.25) is 14.5 Å². The molecule has 8 heteroatoms. The number of pyridine rings is 1. The molecular formula is C18H17N3O3S2. The summed E-state index contributed by atoms with van der Waals surface area (Å²) in [7, 11) is -3.37. The highest BCUT2D eigenvalue weighted by atomic mass is 32.2. The standard InChI is InChI=1S/C18H17N3O3S2/c1-12-6-7-19-10-16(12)13-8-17(25-11-13)18(22)20-14-4-3-5-15(9-14)21-26(2,23)24/h3-11,21H,1-2H3,(H,20,22). The predicted molar refractivity (Wildman–Crippen MR) is 105 cm³/mol. The molecule has 2 heterocycles. The first kappa shape index (κ1) is 18.1. The van der Waals surface area contributed by atoms with E-state index in [4.69, 9.17) is 0 Å². The molecule has 134 valence electrons. The molecule has 0 aliphatic heterocycles. The SMILES string of the molecule is Cc1ccncc1-c1csc(C(=O)Nc2cccc(NS(C)(=O)=O)c2)c1. The van der Waals surface area contributed by atoms with Gasteiger partial charge in [-0.1, -0.05) is 6.07 Å². The van der Waals surface area contributed by atoms with Crippen LogP contribution in [0.15, 0.2) is 54.2 Å². The van der Waals surface area contributed by atoms with Crippen LogP contribution in [0.1, 0.15) is 15.2 Å². The summed E-state index contributed by atoms with van der Waals surface area (Å²) in [4.78, 5) is 17.2. The lowest BCUT2D eigenvalue weighted by Gasteiger charge is -2.07. The largest absolute Gasteiger partial charge is 0.321 e. The van der Waals surface area contributed by atoms with E-state index in [0.717, 1.165) is 22.9 Å². The van der Waals surface area contributed by atoms with Gasteiger partial charge in [-0.05, 0) is 53.8 Å². The molecule has 0 radical (unpaired) electrons. The molecule has 0 atom stereocenters. The maximum absolute atomic E-state index is 12.5. The minimum atomic E-state index is -3.37. The van der Waals surface area contributed by atoms with Crippen molar-refractivity contribution in [3.63, 3.8) is 0 Å². The second kappa shape index (κ2) is 7.27. The highest BCUT2D eigenvalue weighted by Gasteiger charge is 2.12. The lowest BCUT2D eigenvalue weighted by Crippen LogP contribution is -2.12. The molecular weight excluding hydrogens is 370 g/mol. The average molecular weight is 387 g/mol. The second-order valence-corrected chi connectivity index (χ2v) is 8.46. The summed E-state index contributed by atoms with van der Waals surface area (Å²) in [6, 6.07) is 10.3. The van der Waals surface area contributed by atoms with E-state index in [1.165, 1.54) is 11.3 Å². The van der Waals surface area contributed by atoms with Crippen LogP contribution in [0.25, 0.3) is 11.1 Å². The lowest BCUT2D eigenvalue weighted by molar-refractivity contribution is 0.103. The van der Waals surface area contributed by atoms with Crippen molar-refractivity contribution in [2.75, 3.05) is 16.3 Å². The normalized spacial score (nSPS) is 11.2. The molecule has 2 N–H and O–H groups in total. The van der Waals surface area contributed by atoms with Crippen LogP contribution in [0.5, 0.6) is 0 Å². The third-order valence-electron chi connectivity index (χ3n) is 3.60. The molecule has 2 aromatic heterocycles. The summed E-state index contributed by atoms with van der Waals surface area (Å²) in [6.45, 7) is 1.99. The fourth-order valence-corrected chi connectivity index (χ4v) is 3.79. The maximum atomic E-state index is 12.5. The predicted octanol–water partition coefficient (Wildman–Crippen LogP) is 3.74. The maximum Gasteiger partial charge on any atom is 0.265 e. The number of sulfonamides is 1. The topological polar surface area (TPSA) is 88.2 Å². The fourth-order valence-electron chi connectivity index (χ4n) is 2.43. The third kappa shape index (κ3) is 4.47. The van der Waals surface area contributed by atoms with Crippen molar-refractivity contribution in [1.29, 1.82) is 0 Å². The average Bonchev–Trinajstić information content (AvgIpc) is 3.04. The molecule has 0 saturated heterocycles. The quantitative estimate of drug-likeness (QED) is 0.698. The number of carbonyl (C=O) groups excluding carboxylic acids is 1. The number of hydrogen-bond acceptors (Lipinski definition) is 5. The number of aryl methyl sites for hydroxylation is 1. The Balaban J connectivity index is 1.77. The van der Waals surface area contributed by atoms with Crippen molar-refractivity contribution >= 4 is 38.6 Å². The summed E-state index contributed by atoms with van der Waals surface area (Å²) in [6.07, 6.45) is 4.58. The molecule has 3 rings (SSSR count). The van der Waals surface area contributed by atoms with Crippen LogP contribution in [0.2, 0.25) is 0 Å². The van der Waals surface area contributed by atoms with Crippen molar-refractivity contribution in [2.24, 2.45) is 0 Å². The first-order chi connectivity index (χ1) is 12.3. The number of nitrogens with one attached hydrogen (secondary N) is 2. The van der Waals surface area contributed by atoms with E-state index in [1.807, 2.05) is 24.4 Å². The van der Waals surface area contributed by atoms with Gasteiger partial charge in [0.1, 0.15) is 0 Å². The van der Waals surface area contributed by atoms with Crippen LogP contribution < -0.4 is 10.0 Å². The molecule has 0 aliphatic rings.